The first kappa shape index (κ1) is 18.1. The third-order valence-corrected chi connectivity index (χ3v) is 4.64. The van der Waals surface area contributed by atoms with Gasteiger partial charge in [-0.05, 0) is 31.2 Å². The molecule has 1 aliphatic heterocycles. The number of hydrogen-bond donors (Lipinski definition) is 3. The Hall–Kier alpha value is -2.67. The molecule has 1 aromatic heterocycles. The van der Waals surface area contributed by atoms with Crippen molar-refractivity contribution in [2.24, 2.45) is 0 Å². The van der Waals surface area contributed by atoms with Crippen LogP contribution in [0.25, 0.3) is 0 Å². The van der Waals surface area contributed by atoms with E-state index in [2.05, 4.69) is 27.6 Å². The van der Waals surface area contributed by atoms with Crippen molar-refractivity contribution < 1.29 is 19.4 Å². The molecule has 0 aliphatic carbocycles. The molecule has 2 heterocycles. The Bertz CT molecular complexity index is 759. The molecule has 1 aliphatic rings. The normalized spacial score (nSPS) is 22.7. The van der Waals surface area contributed by atoms with E-state index in [1.807, 2.05) is 18.2 Å². The van der Waals surface area contributed by atoms with Crippen molar-refractivity contribution in [1.29, 1.82) is 0 Å². The number of rotatable bonds is 6. The van der Waals surface area contributed by atoms with Crippen LogP contribution in [-0.4, -0.2) is 39.3 Å². The second kappa shape index (κ2) is 8.14. The maximum absolute atomic E-state index is 11.5. The number of aromatic nitrogens is 2. The van der Waals surface area contributed by atoms with Crippen LogP contribution in [0.3, 0.4) is 0 Å². The van der Waals surface area contributed by atoms with E-state index >= 15 is 0 Å². The van der Waals surface area contributed by atoms with Gasteiger partial charge in [0.2, 0.25) is 5.91 Å². The van der Waals surface area contributed by atoms with Gasteiger partial charge in [0.25, 0.3) is 0 Å². The minimum Gasteiger partial charge on any atom is -0.477 e. The van der Waals surface area contributed by atoms with Crippen LogP contribution in [0, 0.1) is 0 Å². The van der Waals surface area contributed by atoms with Gasteiger partial charge >= 0.3 is 5.97 Å². The molecule has 0 saturated carbocycles. The zero-order valence-electron chi connectivity index (χ0n) is 14.6. The lowest BCUT2D eigenvalue weighted by Gasteiger charge is -2.35. The Labute approximate surface area is 151 Å². The largest absolute Gasteiger partial charge is 0.477 e. The predicted molar refractivity (Wildman–Crippen MR) is 94.8 cm³/mol. The average molecular weight is 357 g/mol. The fourth-order valence-corrected chi connectivity index (χ4v) is 3.49. The number of aromatic amines is 1. The standard InChI is InChI=1S/C19H23N3O4/c1-12(23)21-14-9-15(8-7-13-5-3-2-4-6-13)26-17(10-14)16-11-20-22-18(16)19(24)25/h2-6,11,14-15,17H,7-10H2,1H3,(H,20,22)(H,21,23)(H,24,25)/t14-,15+,17+/m1/s1. The van der Waals surface area contributed by atoms with E-state index in [1.54, 1.807) is 0 Å². The highest BCUT2D eigenvalue weighted by Gasteiger charge is 2.33. The van der Waals surface area contributed by atoms with Crippen LogP contribution in [-0.2, 0) is 16.0 Å². The first-order chi connectivity index (χ1) is 12.5. The van der Waals surface area contributed by atoms with E-state index < -0.39 is 12.1 Å². The first-order valence-electron chi connectivity index (χ1n) is 8.76. The summed E-state index contributed by atoms with van der Waals surface area (Å²) in [5.74, 6) is -1.16. The number of nitrogens with one attached hydrogen (secondary N) is 2. The minimum absolute atomic E-state index is 0.0419. The Morgan fingerprint density at radius 3 is 2.77 bits per heavy atom. The minimum atomic E-state index is -1.07. The van der Waals surface area contributed by atoms with Gasteiger partial charge in [0.1, 0.15) is 5.69 Å². The highest BCUT2D eigenvalue weighted by atomic mass is 16.5. The molecule has 0 unspecified atom stereocenters. The van der Waals surface area contributed by atoms with Crippen LogP contribution in [0.2, 0.25) is 0 Å². The Morgan fingerprint density at radius 1 is 1.31 bits per heavy atom. The summed E-state index contributed by atoms with van der Waals surface area (Å²) in [5.41, 5.74) is 1.79. The zero-order valence-corrected chi connectivity index (χ0v) is 14.6. The van der Waals surface area contributed by atoms with Gasteiger partial charge < -0.3 is 15.2 Å². The summed E-state index contributed by atoms with van der Waals surface area (Å²) in [5, 5.41) is 18.6. The molecule has 0 bridgehead atoms. The molecule has 3 atom stereocenters. The molecule has 0 spiro atoms. The average Bonchev–Trinajstić information content (AvgIpc) is 3.10. The molecule has 1 fully saturated rings. The fraction of sp³-hybridized carbons (Fsp3) is 0.421. The maximum atomic E-state index is 11.5. The number of amides is 1. The number of hydrogen-bond acceptors (Lipinski definition) is 4. The van der Waals surface area contributed by atoms with Gasteiger partial charge in [-0.2, -0.15) is 5.10 Å². The first-order valence-corrected chi connectivity index (χ1v) is 8.76. The second-order valence-corrected chi connectivity index (χ2v) is 6.65. The SMILES string of the molecule is CC(=O)N[C@@H]1C[C@H](CCc2ccccc2)O[C@H](c2cn[nH]c2C(=O)O)C1. The molecule has 2 aromatic rings. The zero-order chi connectivity index (χ0) is 18.5. The van der Waals surface area contributed by atoms with Crippen molar-refractivity contribution in [3.8, 4) is 0 Å². The Morgan fingerprint density at radius 2 is 2.08 bits per heavy atom. The molecule has 0 radical (unpaired) electrons. The van der Waals surface area contributed by atoms with Crippen molar-refractivity contribution in [2.45, 2.75) is 50.9 Å². The summed E-state index contributed by atoms with van der Waals surface area (Å²) >= 11 is 0. The van der Waals surface area contributed by atoms with Crippen LogP contribution < -0.4 is 5.32 Å². The van der Waals surface area contributed by atoms with E-state index in [0.29, 0.717) is 18.4 Å². The number of aryl methyl sites for hydroxylation is 1. The lowest BCUT2D eigenvalue weighted by molar-refractivity contribution is -0.122. The molecule has 26 heavy (non-hydrogen) atoms. The molecule has 7 heteroatoms. The van der Waals surface area contributed by atoms with E-state index in [0.717, 1.165) is 12.8 Å². The van der Waals surface area contributed by atoms with Crippen LogP contribution in [0.5, 0.6) is 0 Å². The van der Waals surface area contributed by atoms with Crippen LogP contribution in [0.1, 0.15) is 53.9 Å². The smallest absolute Gasteiger partial charge is 0.354 e. The fourth-order valence-electron chi connectivity index (χ4n) is 3.49. The van der Waals surface area contributed by atoms with Gasteiger partial charge in [0, 0.05) is 18.5 Å². The van der Waals surface area contributed by atoms with Gasteiger partial charge in [-0.15, -0.1) is 0 Å². The number of carboxylic acid groups (broad SMARTS) is 1. The van der Waals surface area contributed by atoms with Crippen molar-refractivity contribution in [2.75, 3.05) is 0 Å². The molecule has 1 aromatic carbocycles. The van der Waals surface area contributed by atoms with E-state index in [1.165, 1.54) is 18.7 Å². The highest BCUT2D eigenvalue weighted by molar-refractivity contribution is 5.87. The van der Waals surface area contributed by atoms with Gasteiger partial charge in [-0.1, -0.05) is 30.3 Å². The van der Waals surface area contributed by atoms with E-state index in [9.17, 15) is 14.7 Å². The van der Waals surface area contributed by atoms with Gasteiger partial charge in [-0.25, -0.2) is 4.79 Å². The summed E-state index contributed by atoms with van der Waals surface area (Å²) in [6.45, 7) is 1.49. The number of carbonyl (C=O) groups excluding carboxylic acids is 1. The molecule has 1 amide bonds. The molecular formula is C19H23N3O4. The lowest BCUT2D eigenvalue weighted by atomic mass is 9.91. The number of carbonyl (C=O) groups is 2. The highest BCUT2D eigenvalue weighted by Crippen LogP contribution is 2.34. The predicted octanol–water partition coefficient (Wildman–Crippen LogP) is 2.47. The Balaban J connectivity index is 1.73. The maximum Gasteiger partial charge on any atom is 0.354 e. The monoisotopic (exact) mass is 357 g/mol. The number of H-pyrrole nitrogens is 1. The summed E-state index contributed by atoms with van der Waals surface area (Å²) in [4.78, 5) is 22.9. The van der Waals surface area contributed by atoms with Crippen molar-refractivity contribution in [3.63, 3.8) is 0 Å². The third-order valence-electron chi connectivity index (χ3n) is 4.64. The van der Waals surface area contributed by atoms with Crippen molar-refractivity contribution in [3.05, 3.63) is 53.3 Å². The number of benzene rings is 1. The molecule has 1 saturated heterocycles. The van der Waals surface area contributed by atoms with Crippen molar-refractivity contribution in [1.82, 2.24) is 15.5 Å². The van der Waals surface area contributed by atoms with Gasteiger partial charge in [0.15, 0.2) is 0 Å². The molecular weight excluding hydrogens is 334 g/mol. The summed E-state index contributed by atoms with van der Waals surface area (Å²) in [6, 6.07) is 10.1. The van der Waals surface area contributed by atoms with E-state index in [-0.39, 0.29) is 23.7 Å². The topological polar surface area (TPSA) is 104 Å². The van der Waals surface area contributed by atoms with Gasteiger partial charge in [-0.3, -0.25) is 9.89 Å². The van der Waals surface area contributed by atoms with Crippen molar-refractivity contribution >= 4 is 11.9 Å². The summed E-state index contributed by atoms with van der Waals surface area (Å²) in [7, 11) is 0. The lowest BCUT2D eigenvalue weighted by Crippen LogP contribution is -2.42. The van der Waals surface area contributed by atoms with E-state index in [4.69, 9.17) is 4.74 Å². The molecule has 3 N–H and O–H groups in total. The number of ether oxygens (including phenoxy) is 1. The van der Waals surface area contributed by atoms with Crippen LogP contribution >= 0.6 is 0 Å². The quantitative estimate of drug-likeness (QED) is 0.737. The number of aromatic carboxylic acids is 1. The Kier molecular flexibility index (Phi) is 5.68. The van der Waals surface area contributed by atoms with Gasteiger partial charge in [0.05, 0.1) is 18.4 Å². The molecule has 138 valence electrons. The number of nitrogens with zero attached hydrogens (tertiary/aromatic N) is 1. The van der Waals surface area contributed by atoms with Crippen LogP contribution in [0.15, 0.2) is 36.5 Å². The third kappa shape index (κ3) is 4.49. The summed E-state index contributed by atoms with van der Waals surface area (Å²) < 4.78 is 6.18. The second-order valence-electron chi connectivity index (χ2n) is 6.65. The molecule has 3 rings (SSSR count). The summed E-state index contributed by atoms with van der Waals surface area (Å²) in [6.07, 6.45) is 3.93. The molecule has 7 nitrogen and oxygen atoms in total. The number of carboxylic acids is 1. The van der Waals surface area contributed by atoms with Crippen LogP contribution in [0.4, 0.5) is 0 Å².